The summed E-state index contributed by atoms with van der Waals surface area (Å²) in [6.45, 7) is 3.74. The molecule has 1 atom stereocenters. The van der Waals surface area contributed by atoms with Crippen LogP contribution in [0.4, 0.5) is 0 Å². The number of hydrogen-bond donors (Lipinski definition) is 1. The maximum absolute atomic E-state index is 11.7. The molecule has 4 heteroatoms. The third kappa shape index (κ3) is 4.46. The lowest BCUT2D eigenvalue weighted by Gasteiger charge is -2.12. The largest absolute Gasteiger partial charge is 0.353 e. The van der Waals surface area contributed by atoms with Gasteiger partial charge in [-0.3, -0.25) is 4.79 Å². The highest BCUT2D eigenvalue weighted by molar-refractivity contribution is 6.30. The van der Waals surface area contributed by atoms with Crippen molar-refractivity contribution in [1.82, 2.24) is 5.32 Å². The number of nitrogens with one attached hydrogen (secondary N) is 1. The lowest BCUT2D eigenvalue weighted by Crippen LogP contribution is -2.35. The molecule has 0 saturated heterocycles. The van der Waals surface area contributed by atoms with Gasteiger partial charge >= 0.3 is 0 Å². The van der Waals surface area contributed by atoms with E-state index in [4.69, 9.17) is 16.9 Å². The van der Waals surface area contributed by atoms with Gasteiger partial charge in [0.1, 0.15) is 5.92 Å². The van der Waals surface area contributed by atoms with E-state index in [1.54, 1.807) is 12.1 Å². The standard InChI is InChI=1S/C13H15ClN2O/c1-9(2)16-13(17)11(8-15)7-10-3-5-12(14)6-4-10/h3-6,9,11H,7H2,1-2H3,(H,16,17). The molecule has 0 heterocycles. The molecule has 1 rings (SSSR count). The van der Waals surface area contributed by atoms with Gasteiger partial charge in [-0.2, -0.15) is 5.26 Å². The van der Waals surface area contributed by atoms with Crippen LogP contribution in [-0.4, -0.2) is 11.9 Å². The Hall–Kier alpha value is -1.53. The molecule has 1 amide bonds. The first kappa shape index (κ1) is 13.5. The minimum absolute atomic E-state index is 0.0450. The summed E-state index contributed by atoms with van der Waals surface area (Å²) in [6, 6.07) is 9.24. The van der Waals surface area contributed by atoms with E-state index < -0.39 is 5.92 Å². The summed E-state index contributed by atoms with van der Waals surface area (Å²) < 4.78 is 0. The highest BCUT2D eigenvalue weighted by Gasteiger charge is 2.18. The Morgan fingerprint density at radius 1 is 1.41 bits per heavy atom. The van der Waals surface area contributed by atoms with Crippen molar-refractivity contribution in [2.45, 2.75) is 26.3 Å². The SMILES string of the molecule is CC(C)NC(=O)C(C#N)Cc1ccc(Cl)cc1. The lowest BCUT2D eigenvalue weighted by molar-refractivity contribution is -0.123. The zero-order chi connectivity index (χ0) is 12.8. The molecule has 0 saturated carbocycles. The van der Waals surface area contributed by atoms with Crippen LogP contribution in [-0.2, 0) is 11.2 Å². The second-order valence-corrected chi connectivity index (χ2v) is 4.61. The monoisotopic (exact) mass is 250 g/mol. The van der Waals surface area contributed by atoms with Gasteiger partial charge in [-0.15, -0.1) is 0 Å². The van der Waals surface area contributed by atoms with Crippen molar-refractivity contribution in [3.63, 3.8) is 0 Å². The van der Waals surface area contributed by atoms with Gasteiger partial charge in [-0.05, 0) is 38.0 Å². The van der Waals surface area contributed by atoms with Crippen LogP contribution in [0.5, 0.6) is 0 Å². The zero-order valence-corrected chi connectivity index (χ0v) is 10.7. The Kier molecular flexibility index (Phi) is 4.99. The Bertz CT molecular complexity index is 420. The topological polar surface area (TPSA) is 52.9 Å². The Labute approximate surface area is 106 Å². The lowest BCUT2D eigenvalue weighted by atomic mass is 10.00. The van der Waals surface area contributed by atoms with E-state index in [-0.39, 0.29) is 11.9 Å². The van der Waals surface area contributed by atoms with Gasteiger partial charge in [-0.1, -0.05) is 23.7 Å². The quantitative estimate of drug-likeness (QED) is 0.893. The minimum atomic E-state index is -0.654. The average molecular weight is 251 g/mol. The maximum Gasteiger partial charge on any atom is 0.237 e. The molecule has 0 bridgehead atoms. The van der Waals surface area contributed by atoms with Crippen molar-refractivity contribution in [2.75, 3.05) is 0 Å². The van der Waals surface area contributed by atoms with Gasteiger partial charge < -0.3 is 5.32 Å². The maximum atomic E-state index is 11.7. The number of benzene rings is 1. The van der Waals surface area contributed by atoms with Crippen molar-refractivity contribution >= 4 is 17.5 Å². The number of nitriles is 1. The molecule has 17 heavy (non-hydrogen) atoms. The van der Waals surface area contributed by atoms with Gasteiger partial charge in [0.05, 0.1) is 6.07 Å². The number of halogens is 1. The van der Waals surface area contributed by atoms with Crippen molar-refractivity contribution in [2.24, 2.45) is 5.92 Å². The normalized spacial score (nSPS) is 11.9. The highest BCUT2D eigenvalue weighted by Crippen LogP contribution is 2.13. The first-order valence-electron chi connectivity index (χ1n) is 5.47. The van der Waals surface area contributed by atoms with E-state index in [1.165, 1.54) is 0 Å². The average Bonchev–Trinajstić information content (AvgIpc) is 2.27. The van der Waals surface area contributed by atoms with Crippen LogP contribution in [0.2, 0.25) is 5.02 Å². The molecule has 1 aromatic rings. The molecule has 90 valence electrons. The summed E-state index contributed by atoms with van der Waals surface area (Å²) in [7, 11) is 0. The molecule has 0 spiro atoms. The van der Waals surface area contributed by atoms with Crippen LogP contribution >= 0.6 is 11.6 Å². The van der Waals surface area contributed by atoms with E-state index in [9.17, 15) is 4.79 Å². The van der Waals surface area contributed by atoms with E-state index in [1.807, 2.05) is 32.0 Å². The zero-order valence-electron chi connectivity index (χ0n) is 9.90. The molecule has 1 unspecified atom stereocenters. The third-order valence-corrected chi connectivity index (χ3v) is 2.51. The van der Waals surface area contributed by atoms with Crippen LogP contribution in [0.3, 0.4) is 0 Å². The summed E-state index contributed by atoms with van der Waals surface area (Å²) in [5.74, 6) is -0.879. The second-order valence-electron chi connectivity index (χ2n) is 4.18. The Morgan fingerprint density at radius 2 is 2.00 bits per heavy atom. The van der Waals surface area contributed by atoms with Crippen LogP contribution in [0.15, 0.2) is 24.3 Å². The van der Waals surface area contributed by atoms with Crippen molar-refractivity contribution in [1.29, 1.82) is 5.26 Å². The fourth-order valence-corrected chi connectivity index (χ4v) is 1.56. The van der Waals surface area contributed by atoms with Gasteiger partial charge in [0.15, 0.2) is 0 Å². The number of nitrogens with zero attached hydrogens (tertiary/aromatic N) is 1. The van der Waals surface area contributed by atoms with Gasteiger partial charge in [0.25, 0.3) is 0 Å². The summed E-state index contributed by atoms with van der Waals surface area (Å²) >= 11 is 5.77. The fourth-order valence-electron chi connectivity index (χ4n) is 1.44. The van der Waals surface area contributed by atoms with Crippen LogP contribution in [0, 0.1) is 17.2 Å². The molecule has 0 aromatic heterocycles. The second kappa shape index (κ2) is 6.27. The molecule has 0 fully saturated rings. The Morgan fingerprint density at radius 3 is 2.47 bits per heavy atom. The van der Waals surface area contributed by atoms with Crippen LogP contribution < -0.4 is 5.32 Å². The van der Waals surface area contributed by atoms with E-state index in [2.05, 4.69) is 5.32 Å². The van der Waals surface area contributed by atoms with Crippen LogP contribution in [0.1, 0.15) is 19.4 Å². The van der Waals surface area contributed by atoms with E-state index in [0.717, 1.165) is 5.56 Å². The minimum Gasteiger partial charge on any atom is -0.353 e. The first-order valence-corrected chi connectivity index (χ1v) is 5.85. The van der Waals surface area contributed by atoms with Crippen LogP contribution in [0.25, 0.3) is 0 Å². The molecule has 0 aliphatic heterocycles. The van der Waals surface area contributed by atoms with Crippen molar-refractivity contribution in [3.05, 3.63) is 34.9 Å². The van der Waals surface area contributed by atoms with Gasteiger partial charge in [0, 0.05) is 11.1 Å². The number of carbonyl (C=O) groups is 1. The predicted molar refractivity (Wildman–Crippen MR) is 67.5 cm³/mol. The molecule has 1 aromatic carbocycles. The smallest absolute Gasteiger partial charge is 0.237 e. The number of hydrogen-bond acceptors (Lipinski definition) is 2. The summed E-state index contributed by atoms with van der Waals surface area (Å²) in [5.41, 5.74) is 0.930. The number of amides is 1. The third-order valence-electron chi connectivity index (χ3n) is 2.26. The molecule has 1 N–H and O–H groups in total. The van der Waals surface area contributed by atoms with Gasteiger partial charge in [0.2, 0.25) is 5.91 Å². The van der Waals surface area contributed by atoms with E-state index in [0.29, 0.717) is 11.4 Å². The number of carbonyl (C=O) groups excluding carboxylic acids is 1. The van der Waals surface area contributed by atoms with Crippen molar-refractivity contribution < 1.29 is 4.79 Å². The molecule has 0 aliphatic carbocycles. The summed E-state index contributed by atoms with van der Waals surface area (Å²) in [4.78, 5) is 11.7. The molecule has 3 nitrogen and oxygen atoms in total. The Balaban J connectivity index is 2.67. The van der Waals surface area contributed by atoms with Crippen molar-refractivity contribution in [3.8, 4) is 6.07 Å². The molecule has 0 aliphatic rings. The molecular formula is C13H15ClN2O. The highest BCUT2D eigenvalue weighted by atomic mass is 35.5. The fraction of sp³-hybridized carbons (Fsp3) is 0.385. The predicted octanol–water partition coefficient (Wildman–Crippen LogP) is 2.55. The summed E-state index contributed by atoms with van der Waals surface area (Å²) in [6.07, 6.45) is 0.409. The molecular weight excluding hydrogens is 236 g/mol. The van der Waals surface area contributed by atoms with Gasteiger partial charge in [-0.25, -0.2) is 0 Å². The first-order chi connectivity index (χ1) is 8.02. The van der Waals surface area contributed by atoms with E-state index >= 15 is 0 Å². The summed E-state index contributed by atoms with van der Waals surface area (Å²) in [5, 5.41) is 12.4. The molecule has 0 radical (unpaired) electrons. The number of rotatable bonds is 4.